The van der Waals surface area contributed by atoms with Gasteiger partial charge in [0.15, 0.2) is 0 Å². The highest BCUT2D eigenvalue weighted by molar-refractivity contribution is 8.05. The SMILES string of the molecule is C=C(S/C=C(\N)C(=O)Nc1cnc(C)cc1N1CCNCC1)N1Cc2cc(OC)ccc2C1=O. The zero-order valence-corrected chi connectivity index (χ0v) is 20.1. The van der Waals surface area contributed by atoms with Crippen LogP contribution in [0, 0.1) is 6.92 Å². The molecule has 34 heavy (non-hydrogen) atoms. The Hall–Kier alpha value is -3.50. The van der Waals surface area contributed by atoms with Crippen LogP contribution in [0.25, 0.3) is 0 Å². The van der Waals surface area contributed by atoms with Crippen LogP contribution >= 0.6 is 11.8 Å². The predicted octanol–water partition coefficient (Wildman–Crippen LogP) is 2.41. The quantitative estimate of drug-likeness (QED) is 0.518. The molecular weight excluding hydrogens is 452 g/mol. The number of rotatable bonds is 7. The minimum atomic E-state index is -0.442. The van der Waals surface area contributed by atoms with Crippen molar-refractivity contribution in [1.29, 1.82) is 0 Å². The molecule has 2 aliphatic rings. The summed E-state index contributed by atoms with van der Waals surface area (Å²) in [6, 6.07) is 7.31. The Bertz CT molecular complexity index is 1160. The minimum Gasteiger partial charge on any atom is -0.497 e. The minimum absolute atomic E-state index is 0.0174. The van der Waals surface area contributed by atoms with E-state index in [0.717, 1.165) is 54.9 Å². The van der Waals surface area contributed by atoms with Gasteiger partial charge in [-0.1, -0.05) is 18.3 Å². The summed E-state index contributed by atoms with van der Waals surface area (Å²) in [5.41, 5.74) is 9.95. The Labute approximate surface area is 203 Å². The number of nitrogens with two attached hydrogens (primary N) is 1. The number of piperazine rings is 1. The Morgan fingerprint density at radius 3 is 2.82 bits per heavy atom. The second-order valence-corrected chi connectivity index (χ2v) is 8.98. The number of carbonyl (C=O) groups is 2. The Morgan fingerprint density at radius 1 is 1.32 bits per heavy atom. The average Bonchev–Trinajstić information content (AvgIpc) is 3.19. The number of thioether (sulfide) groups is 1. The molecule has 0 bridgehead atoms. The summed E-state index contributed by atoms with van der Waals surface area (Å²) in [7, 11) is 1.59. The number of methoxy groups -OCH3 is 1. The zero-order chi connectivity index (χ0) is 24.2. The Kier molecular flexibility index (Phi) is 7.09. The van der Waals surface area contributed by atoms with Crippen LogP contribution in [-0.4, -0.2) is 55.0 Å². The summed E-state index contributed by atoms with van der Waals surface area (Å²) in [5.74, 6) is 0.110. The molecule has 2 aromatic rings. The molecule has 4 N–H and O–H groups in total. The number of ether oxygens (including phenoxy) is 1. The number of pyridine rings is 1. The molecule has 0 spiro atoms. The van der Waals surface area contributed by atoms with Crippen molar-refractivity contribution >= 4 is 35.0 Å². The van der Waals surface area contributed by atoms with Crippen LogP contribution in [0.4, 0.5) is 11.4 Å². The van der Waals surface area contributed by atoms with Crippen LogP contribution in [0.15, 0.2) is 53.2 Å². The fourth-order valence-electron chi connectivity index (χ4n) is 3.88. The van der Waals surface area contributed by atoms with Crippen LogP contribution in [0.1, 0.15) is 21.6 Å². The molecular formula is C24H28N6O3S. The lowest BCUT2D eigenvalue weighted by atomic mass is 10.1. The van der Waals surface area contributed by atoms with Crippen LogP contribution in [0.5, 0.6) is 5.75 Å². The third-order valence-electron chi connectivity index (χ3n) is 5.73. The van der Waals surface area contributed by atoms with Gasteiger partial charge in [0.05, 0.1) is 36.3 Å². The first-order chi connectivity index (χ1) is 16.4. The van der Waals surface area contributed by atoms with Gasteiger partial charge in [0.25, 0.3) is 11.8 Å². The van der Waals surface area contributed by atoms with E-state index in [1.807, 2.05) is 19.1 Å². The molecule has 9 nitrogen and oxygen atoms in total. The molecule has 2 aliphatic heterocycles. The zero-order valence-electron chi connectivity index (χ0n) is 19.3. The number of nitrogens with one attached hydrogen (secondary N) is 2. The first kappa shape index (κ1) is 23.7. The van der Waals surface area contributed by atoms with Crippen LogP contribution in [0.3, 0.4) is 0 Å². The van der Waals surface area contributed by atoms with Gasteiger partial charge < -0.3 is 26.0 Å². The molecule has 178 valence electrons. The third-order valence-corrected chi connectivity index (χ3v) is 6.59. The molecule has 0 atom stereocenters. The molecule has 1 saturated heterocycles. The monoisotopic (exact) mass is 480 g/mol. The predicted molar refractivity (Wildman–Crippen MR) is 135 cm³/mol. The van der Waals surface area contributed by atoms with Crippen molar-refractivity contribution in [1.82, 2.24) is 15.2 Å². The summed E-state index contributed by atoms with van der Waals surface area (Å²) >= 11 is 1.14. The van der Waals surface area contributed by atoms with Gasteiger partial charge in [0.2, 0.25) is 0 Å². The fourth-order valence-corrected chi connectivity index (χ4v) is 4.52. The summed E-state index contributed by atoms with van der Waals surface area (Å²) in [5, 5.41) is 8.17. The summed E-state index contributed by atoms with van der Waals surface area (Å²) in [6.07, 6.45) is 1.65. The molecule has 1 aromatic carbocycles. The summed E-state index contributed by atoms with van der Waals surface area (Å²) in [6.45, 7) is 9.73. The maximum absolute atomic E-state index is 12.8. The number of aromatic nitrogens is 1. The summed E-state index contributed by atoms with van der Waals surface area (Å²) < 4.78 is 5.24. The molecule has 0 unspecified atom stereocenters. The molecule has 1 fully saturated rings. The van der Waals surface area contributed by atoms with Crippen molar-refractivity contribution < 1.29 is 14.3 Å². The fraction of sp³-hybridized carbons (Fsp3) is 0.292. The topological polar surface area (TPSA) is 113 Å². The largest absolute Gasteiger partial charge is 0.497 e. The van der Waals surface area contributed by atoms with Gasteiger partial charge in [-0.05, 0) is 36.8 Å². The number of fused-ring (bicyclic) bond motifs is 1. The standard InChI is InChI=1S/C24H28N6O3S/c1-15-10-22(29-8-6-26-7-9-29)21(12-27-15)28-23(31)20(25)14-34-16(2)30-13-17-11-18(33-3)4-5-19(17)24(30)32/h4-5,10-12,14,26H,2,6-9,13,25H2,1,3H3,(H,28,31)/b20-14-. The highest BCUT2D eigenvalue weighted by Crippen LogP contribution is 2.33. The van der Waals surface area contributed by atoms with Crippen molar-refractivity contribution in [3.8, 4) is 5.75 Å². The van der Waals surface area contributed by atoms with Crippen LogP contribution in [0.2, 0.25) is 0 Å². The highest BCUT2D eigenvalue weighted by Gasteiger charge is 2.29. The molecule has 4 rings (SSSR count). The van der Waals surface area contributed by atoms with E-state index in [2.05, 4.69) is 27.1 Å². The smallest absolute Gasteiger partial charge is 0.272 e. The van der Waals surface area contributed by atoms with Crippen molar-refractivity contribution in [3.63, 3.8) is 0 Å². The number of nitrogens with zero attached hydrogens (tertiary/aromatic N) is 3. The van der Waals surface area contributed by atoms with Crippen molar-refractivity contribution in [2.75, 3.05) is 43.5 Å². The van der Waals surface area contributed by atoms with E-state index in [1.54, 1.807) is 30.3 Å². The van der Waals surface area contributed by atoms with Gasteiger partial charge in [0.1, 0.15) is 11.4 Å². The third kappa shape index (κ3) is 5.02. The van der Waals surface area contributed by atoms with E-state index in [-0.39, 0.29) is 11.6 Å². The molecule has 0 aliphatic carbocycles. The van der Waals surface area contributed by atoms with E-state index in [4.69, 9.17) is 10.5 Å². The van der Waals surface area contributed by atoms with Gasteiger partial charge in [-0.25, -0.2) is 0 Å². The van der Waals surface area contributed by atoms with E-state index < -0.39 is 5.91 Å². The first-order valence-electron chi connectivity index (χ1n) is 10.9. The lowest BCUT2D eigenvalue weighted by Gasteiger charge is -2.31. The summed E-state index contributed by atoms with van der Waals surface area (Å²) in [4.78, 5) is 33.6. The lowest BCUT2D eigenvalue weighted by molar-refractivity contribution is -0.112. The van der Waals surface area contributed by atoms with Gasteiger partial charge in [-0.2, -0.15) is 0 Å². The lowest BCUT2D eigenvalue weighted by Crippen LogP contribution is -2.44. The second-order valence-electron chi connectivity index (χ2n) is 8.03. The molecule has 2 amide bonds. The Morgan fingerprint density at radius 2 is 2.09 bits per heavy atom. The van der Waals surface area contributed by atoms with Crippen LogP contribution in [-0.2, 0) is 11.3 Å². The normalized spacial score (nSPS) is 15.8. The molecule has 10 heteroatoms. The Balaban J connectivity index is 1.41. The van der Waals surface area contributed by atoms with Crippen molar-refractivity contribution in [2.24, 2.45) is 5.73 Å². The van der Waals surface area contributed by atoms with E-state index in [0.29, 0.717) is 28.6 Å². The number of benzene rings is 1. The maximum atomic E-state index is 12.8. The number of hydrogen-bond acceptors (Lipinski definition) is 8. The highest BCUT2D eigenvalue weighted by atomic mass is 32.2. The number of hydrogen-bond donors (Lipinski definition) is 3. The van der Waals surface area contributed by atoms with Crippen molar-refractivity contribution in [2.45, 2.75) is 13.5 Å². The van der Waals surface area contributed by atoms with E-state index in [9.17, 15) is 9.59 Å². The molecule has 3 heterocycles. The van der Waals surface area contributed by atoms with E-state index >= 15 is 0 Å². The molecule has 0 radical (unpaired) electrons. The van der Waals surface area contributed by atoms with Crippen LogP contribution < -0.4 is 26.0 Å². The average molecular weight is 481 g/mol. The number of anilines is 2. The van der Waals surface area contributed by atoms with Gasteiger partial charge in [-0.15, -0.1) is 0 Å². The number of amides is 2. The van der Waals surface area contributed by atoms with Gasteiger partial charge >= 0.3 is 0 Å². The molecule has 1 aromatic heterocycles. The van der Waals surface area contributed by atoms with Crippen molar-refractivity contribution in [3.05, 3.63) is 70.0 Å². The second kappa shape index (κ2) is 10.2. The van der Waals surface area contributed by atoms with Gasteiger partial charge in [-0.3, -0.25) is 19.5 Å². The number of carbonyl (C=O) groups excluding carboxylic acids is 2. The maximum Gasteiger partial charge on any atom is 0.272 e. The number of aryl methyl sites for hydroxylation is 1. The van der Waals surface area contributed by atoms with Gasteiger partial charge in [0, 0.05) is 42.8 Å². The van der Waals surface area contributed by atoms with E-state index in [1.165, 1.54) is 5.41 Å². The first-order valence-corrected chi connectivity index (χ1v) is 11.8. The molecule has 0 saturated carbocycles.